The summed E-state index contributed by atoms with van der Waals surface area (Å²) in [5.74, 6) is 1.25. The first kappa shape index (κ1) is 9.24. The van der Waals surface area contributed by atoms with Crippen molar-refractivity contribution in [2.75, 3.05) is 18.0 Å². The molecule has 76 valence electrons. The van der Waals surface area contributed by atoms with E-state index in [1.165, 1.54) is 0 Å². The molecule has 1 fully saturated rings. The minimum atomic E-state index is 0.319. The van der Waals surface area contributed by atoms with Crippen molar-refractivity contribution in [3.05, 3.63) is 11.8 Å². The van der Waals surface area contributed by atoms with E-state index in [1.807, 2.05) is 24.7 Å². The zero-order valence-electron chi connectivity index (χ0n) is 8.66. The molecule has 4 nitrogen and oxygen atoms in total. The summed E-state index contributed by atoms with van der Waals surface area (Å²) in [7, 11) is 1.92. The van der Waals surface area contributed by atoms with Crippen LogP contribution in [0.5, 0.6) is 0 Å². The maximum Gasteiger partial charge on any atom is 0.152 e. The molecule has 0 spiro atoms. The number of carbonyl (C=O) groups excluding carboxylic acids is 1. The fourth-order valence-electron chi connectivity index (χ4n) is 1.73. The van der Waals surface area contributed by atoms with Gasteiger partial charge >= 0.3 is 0 Å². The second-order valence-electron chi connectivity index (χ2n) is 3.83. The molecule has 0 N–H and O–H groups in total. The van der Waals surface area contributed by atoms with Crippen molar-refractivity contribution in [3.8, 4) is 0 Å². The highest BCUT2D eigenvalue weighted by Gasteiger charge is 2.19. The first-order valence-corrected chi connectivity index (χ1v) is 4.94. The Bertz CT molecular complexity index is 337. The van der Waals surface area contributed by atoms with Crippen LogP contribution in [0.4, 0.5) is 5.82 Å². The standard InChI is InChI=1S/C10H15N3O/c1-8-6-10(11-12(8)2)13-5-3-4-9(14)7-13/h6H,3-5,7H2,1-2H3. The van der Waals surface area contributed by atoms with Gasteiger partial charge < -0.3 is 4.90 Å². The number of nitrogens with zero attached hydrogens (tertiary/aromatic N) is 3. The molecule has 4 heteroatoms. The summed E-state index contributed by atoms with van der Waals surface area (Å²) in [5, 5.41) is 4.36. The minimum Gasteiger partial charge on any atom is -0.348 e. The van der Waals surface area contributed by atoms with Crippen LogP contribution in [0.3, 0.4) is 0 Å². The van der Waals surface area contributed by atoms with E-state index in [0.29, 0.717) is 12.3 Å². The fourth-order valence-corrected chi connectivity index (χ4v) is 1.73. The quantitative estimate of drug-likeness (QED) is 0.665. The van der Waals surface area contributed by atoms with Crippen molar-refractivity contribution < 1.29 is 4.79 Å². The van der Waals surface area contributed by atoms with Crippen molar-refractivity contribution in [1.82, 2.24) is 9.78 Å². The number of carbonyl (C=O) groups is 1. The van der Waals surface area contributed by atoms with Crippen molar-refractivity contribution in [1.29, 1.82) is 0 Å². The van der Waals surface area contributed by atoms with Gasteiger partial charge in [-0.25, -0.2) is 0 Å². The van der Waals surface area contributed by atoms with E-state index >= 15 is 0 Å². The molecule has 1 aromatic rings. The van der Waals surface area contributed by atoms with Gasteiger partial charge in [0, 0.05) is 31.8 Å². The summed E-state index contributed by atoms with van der Waals surface area (Å²) in [4.78, 5) is 13.3. The van der Waals surface area contributed by atoms with Gasteiger partial charge in [-0.3, -0.25) is 9.48 Å². The number of piperidine rings is 1. The van der Waals surface area contributed by atoms with E-state index in [0.717, 1.165) is 30.9 Å². The van der Waals surface area contributed by atoms with Crippen LogP contribution in [-0.4, -0.2) is 28.7 Å². The highest BCUT2D eigenvalue weighted by atomic mass is 16.1. The molecule has 2 rings (SSSR count). The lowest BCUT2D eigenvalue weighted by Crippen LogP contribution is -2.35. The molecule has 1 aliphatic rings. The molecule has 1 saturated heterocycles. The molecule has 0 atom stereocenters. The van der Waals surface area contributed by atoms with E-state index in [-0.39, 0.29) is 0 Å². The normalized spacial score (nSPS) is 17.6. The number of Topliss-reactive ketones (excluding diaryl/α,β-unsaturated/α-hetero) is 1. The minimum absolute atomic E-state index is 0.319. The Balaban J connectivity index is 2.17. The fraction of sp³-hybridized carbons (Fsp3) is 0.600. The number of ketones is 1. The molecule has 0 radical (unpaired) electrons. The predicted molar refractivity (Wildman–Crippen MR) is 54.4 cm³/mol. The summed E-state index contributed by atoms with van der Waals surface area (Å²) in [6.07, 6.45) is 1.68. The van der Waals surface area contributed by atoms with Crippen molar-refractivity contribution in [2.24, 2.45) is 7.05 Å². The molecular formula is C10H15N3O. The third kappa shape index (κ3) is 1.64. The lowest BCUT2D eigenvalue weighted by atomic mass is 10.1. The maximum atomic E-state index is 11.3. The summed E-state index contributed by atoms with van der Waals surface area (Å²) in [6, 6.07) is 2.03. The predicted octanol–water partition coefficient (Wildman–Crippen LogP) is 0.898. The van der Waals surface area contributed by atoms with Gasteiger partial charge in [0.25, 0.3) is 0 Å². The second-order valence-corrected chi connectivity index (χ2v) is 3.83. The first-order valence-electron chi connectivity index (χ1n) is 4.94. The van der Waals surface area contributed by atoms with Crippen LogP contribution in [0.25, 0.3) is 0 Å². The molecule has 0 unspecified atom stereocenters. The van der Waals surface area contributed by atoms with Gasteiger partial charge in [-0.1, -0.05) is 0 Å². The van der Waals surface area contributed by atoms with Gasteiger partial charge in [-0.05, 0) is 13.3 Å². The number of hydrogen-bond donors (Lipinski definition) is 0. The topological polar surface area (TPSA) is 38.1 Å². The average Bonchev–Trinajstić information content (AvgIpc) is 2.47. The summed E-state index contributed by atoms with van der Waals surface area (Å²) < 4.78 is 1.84. The number of anilines is 1. The largest absolute Gasteiger partial charge is 0.348 e. The molecule has 0 amide bonds. The Morgan fingerprint density at radius 3 is 2.86 bits per heavy atom. The van der Waals surface area contributed by atoms with E-state index in [9.17, 15) is 4.79 Å². The Labute approximate surface area is 83.5 Å². The molecule has 0 aromatic carbocycles. The second kappa shape index (κ2) is 3.44. The molecule has 2 heterocycles. The summed E-state index contributed by atoms with van der Waals surface area (Å²) >= 11 is 0. The molecule has 14 heavy (non-hydrogen) atoms. The third-order valence-electron chi connectivity index (χ3n) is 2.68. The Morgan fingerprint density at radius 1 is 1.50 bits per heavy atom. The van der Waals surface area contributed by atoms with Gasteiger partial charge in [0.05, 0.1) is 6.54 Å². The maximum absolute atomic E-state index is 11.3. The Hall–Kier alpha value is -1.32. The lowest BCUT2D eigenvalue weighted by Gasteiger charge is -2.25. The van der Waals surface area contributed by atoms with Gasteiger partial charge in [0.1, 0.15) is 0 Å². The zero-order chi connectivity index (χ0) is 10.1. The highest BCUT2D eigenvalue weighted by Crippen LogP contribution is 2.17. The molecule has 1 aliphatic heterocycles. The van der Waals surface area contributed by atoms with E-state index in [4.69, 9.17) is 0 Å². The first-order chi connectivity index (χ1) is 6.66. The monoisotopic (exact) mass is 193 g/mol. The van der Waals surface area contributed by atoms with Gasteiger partial charge in [-0.2, -0.15) is 5.10 Å². The van der Waals surface area contributed by atoms with Crippen LogP contribution < -0.4 is 4.90 Å². The molecule has 0 aliphatic carbocycles. The van der Waals surface area contributed by atoms with Crippen molar-refractivity contribution in [2.45, 2.75) is 19.8 Å². The van der Waals surface area contributed by atoms with Crippen LogP contribution in [0.1, 0.15) is 18.5 Å². The molecule has 0 bridgehead atoms. The summed E-state index contributed by atoms with van der Waals surface area (Å²) in [5.41, 5.74) is 1.12. The van der Waals surface area contributed by atoms with Crippen molar-refractivity contribution >= 4 is 11.6 Å². The van der Waals surface area contributed by atoms with E-state index in [2.05, 4.69) is 10.00 Å². The number of rotatable bonds is 1. The smallest absolute Gasteiger partial charge is 0.152 e. The zero-order valence-corrected chi connectivity index (χ0v) is 8.66. The van der Waals surface area contributed by atoms with Gasteiger partial charge in [-0.15, -0.1) is 0 Å². The number of aromatic nitrogens is 2. The Kier molecular flexibility index (Phi) is 2.27. The van der Waals surface area contributed by atoms with E-state index < -0.39 is 0 Å². The highest BCUT2D eigenvalue weighted by molar-refractivity contribution is 5.84. The van der Waals surface area contributed by atoms with E-state index in [1.54, 1.807) is 0 Å². The Morgan fingerprint density at radius 2 is 2.29 bits per heavy atom. The molecule has 0 saturated carbocycles. The summed E-state index contributed by atoms with van der Waals surface area (Å²) in [6.45, 7) is 3.49. The molecular weight excluding hydrogens is 178 g/mol. The average molecular weight is 193 g/mol. The molecule has 1 aromatic heterocycles. The van der Waals surface area contributed by atoms with Gasteiger partial charge in [0.2, 0.25) is 0 Å². The lowest BCUT2D eigenvalue weighted by molar-refractivity contribution is -0.118. The number of aryl methyl sites for hydroxylation is 2. The SMILES string of the molecule is Cc1cc(N2CCCC(=O)C2)nn1C. The number of hydrogen-bond acceptors (Lipinski definition) is 3. The van der Waals surface area contributed by atoms with Crippen LogP contribution in [0.2, 0.25) is 0 Å². The van der Waals surface area contributed by atoms with Crippen LogP contribution in [-0.2, 0) is 11.8 Å². The van der Waals surface area contributed by atoms with Crippen LogP contribution in [0.15, 0.2) is 6.07 Å². The van der Waals surface area contributed by atoms with Crippen LogP contribution >= 0.6 is 0 Å². The van der Waals surface area contributed by atoms with Crippen molar-refractivity contribution in [3.63, 3.8) is 0 Å². The van der Waals surface area contributed by atoms with Gasteiger partial charge in [0.15, 0.2) is 11.6 Å². The third-order valence-corrected chi connectivity index (χ3v) is 2.68. The van der Waals surface area contributed by atoms with Crippen LogP contribution in [0, 0.1) is 6.92 Å².